The van der Waals surface area contributed by atoms with Gasteiger partial charge in [0.05, 0.1) is 30.4 Å². The smallest absolute Gasteiger partial charge is 0.256 e. The molecule has 23 heavy (non-hydrogen) atoms. The first-order valence-corrected chi connectivity index (χ1v) is 7.93. The first-order valence-electron chi connectivity index (χ1n) is 7.93. The number of amides is 1. The molecule has 0 N–H and O–H groups in total. The van der Waals surface area contributed by atoms with Crippen molar-refractivity contribution in [3.8, 4) is 0 Å². The normalized spacial score (nSPS) is 20.3. The van der Waals surface area contributed by atoms with Gasteiger partial charge in [-0.25, -0.2) is 0 Å². The Balaban J connectivity index is 1.89. The molecule has 4 heteroatoms. The van der Waals surface area contributed by atoms with Crippen LogP contribution in [0.2, 0.25) is 0 Å². The van der Waals surface area contributed by atoms with E-state index in [9.17, 15) is 4.79 Å². The summed E-state index contributed by atoms with van der Waals surface area (Å²) in [6.07, 6.45) is 4.10. The molecule has 3 rings (SSSR count). The maximum Gasteiger partial charge on any atom is 0.256 e. The van der Waals surface area contributed by atoms with Crippen molar-refractivity contribution < 1.29 is 9.53 Å². The largest absolute Gasteiger partial charge is 0.377 e. The Labute approximate surface area is 137 Å². The van der Waals surface area contributed by atoms with E-state index in [0.29, 0.717) is 18.8 Å². The third-order valence-corrected chi connectivity index (χ3v) is 4.22. The van der Waals surface area contributed by atoms with Crippen LogP contribution in [0, 0.1) is 0 Å². The van der Waals surface area contributed by atoms with Gasteiger partial charge in [0.1, 0.15) is 0 Å². The first kappa shape index (κ1) is 15.7. The molecule has 0 bridgehead atoms. The summed E-state index contributed by atoms with van der Waals surface area (Å²) in [5.74, 6) is 0.0207. The van der Waals surface area contributed by atoms with Crippen molar-refractivity contribution >= 4 is 5.91 Å². The maximum absolute atomic E-state index is 13.0. The molecule has 1 aliphatic heterocycles. The van der Waals surface area contributed by atoms with Gasteiger partial charge in [-0.3, -0.25) is 9.78 Å². The molecular weight excluding hydrogens is 288 g/mol. The topological polar surface area (TPSA) is 42.4 Å². The van der Waals surface area contributed by atoms with Crippen LogP contribution in [0.15, 0.2) is 54.9 Å². The molecule has 1 amide bonds. The lowest BCUT2D eigenvalue weighted by molar-refractivity contribution is -0.0703. The second-order valence-corrected chi connectivity index (χ2v) is 6.59. The van der Waals surface area contributed by atoms with Crippen molar-refractivity contribution in [1.82, 2.24) is 9.88 Å². The van der Waals surface area contributed by atoms with Gasteiger partial charge < -0.3 is 9.64 Å². The van der Waals surface area contributed by atoms with Crippen LogP contribution in [0.4, 0.5) is 0 Å². The first-order chi connectivity index (χ1) is 11.1. The maximum atomic E-state index is 13.0. The lowest BCUT2D eigenvalue weighted by Crippen LogP contribution is -2.61. The van der Waals surface area contributed by atoms with Crippen LogP contribution in [0.25, 0.3) is 0 Å². The van der Waals surface area contributed by atoms with Gasteiger partial charge in [-0.05, 0) is 38.0 Å². The Morgan fingerprint density at radius 3 is 2.74 bits per heavy atom. The molecule has 2 heterocycles. The third-order valence-electron chi connectivity index (χ3n) is 4.22. The van der Waals surface area contributed by atoms with E-state index >= 15 is 0 Å². The van der Waals surface area contributed by atoms with Gasteiger partial charge in [-0.15, -0.1) is 0 Å². The number of carbonyl (C=O) groups excluding carboxylic acids is 1. The standard InChI is InChI=1S/C19H22N2O2/c1-19(2)14-23-13-17(11-15-7-4-3-5-8-15)21(19)18(22)16-9-6-10-20-12-16/h3-10,12,17H,11,13-14H2,1-2H3. The van der Waals surface area contributed by atoms with Crippen LogP contribution >= 0.6 is 0 Å². The van der Waals surface area contributed by atoms with Crippen molar-refractivity contribution in [2.24, 2.45) is 0 Å². The predicted molar refractivity (Wildman–Crippen MR) is 89.2 cm³/mol. The van der Waals surface area contributed by atoms with Crippen LogP contribution in [-0.4, -0.2) is 40.6 Å². The monoisotopic (exact) mass is 310 g/mol. The van der Waals surface area contributed by atoms with Crippen molar-refractivity contribution in [2.75, 3.05) is 13.2 Å². The molecule has 1 atom stereocenters. The molecule has 1 aliphatic rings. The molecule has 0 aliphatic carbocycles. The minimum atomic E-state index is -0.343. The molecule has 1 unspecified atom stereocenters. The number of morpholine rings is 1. The van der Waals surface area contributed by atoms with E-state index in [0.717, 1.165) is 6.42 Å². The number of hydrogen-bond donors (Lipinski definition) is 0. The molecule has 1 fully saturated rings. The summed E-state index contributed by atoms with van der Waals surface area (Å²) in [6, 6.07) is 13.9. The Hall–Kier alpha value is -2.20. The summed E-state index contributed by atoms with van der Waals surface area (Å²) >= 11 is 0. The average molecular weight is 310 g/mol. The highest BCUT2D eigenvalue weighted by atomic mass is 16.5. The van der Waals surface area contributed by atoms with Crippen molar-refractivity contribution in [3.63, 3.8) is 0 Å². The van der Waals surface area contributed by atoms with E-state index in [2.05, 4.69) is 31.0 Å². The number of rotatable bonds is 3. The predicted octanol–water partition coefficient (Wildman–Crippen LogP) is 2.94. The van der Waals surface area contributed by atoms with Crippen LogP contribution < -0.4 is 0 Å². The van der Waals surface area contributed by atoms with Gasteiger partial charge in [0.25, 0.3) is 5.91 Å². The van der Waals surface area contributed by atoms with Gasteiger partial charge in [0.2, 0.25) is 0 Å². The number of nitrogens with zero attached hydrogens (tertiary/aromatic N) is 2. The highest BCUT2D eigenvalue weighted by Crippen LogP contribution is 2.27. The Morgan fingerprint density at radius 1 is 1.26 bits per heavy atom. The average Bonchev–Trinajstić information content (AvgIpc) is 2.55. The van der Waals surface area contributed by atoms with E-state index in [4.69, 9.17) is 4.74 Å². The number of benzene rings is 1. The van der Waals surface area contributed by atoms with Gasteiger partial charge in [-0.2, -0.15) is 0 Å². The third kappa shape index (κ3) is 3.42. The minimum absolute atomic E-state index is 0.0207. The molecule has 1 saturated heterocycles. The number of pyridine rings is 1. The van der Waals surface area contributed by atoms with Gasteiger partial charge >= 0.3 is 0 Å². The van der Waals surface area contributed by atoms with Crippen LogP contribution in [0.5, 0.6) is 0 Å². The number of carbonyl (C=O) groups is 1. The summed E-state index contributed by atoms with van der Waals surface area (Å²) in [4.78, 5) is 19.1. The fourth-order valence-electron chi connectivity index (χ4n) is 3.19. The fraction of sp³-hybridized carbons (Fsp3) is 0.368. The van der Waals surface area contributed by atoms with E-state index in [1.54, 1.807) is 18.5 Å². The molecule has 0 spiro atoms. The SMILES string of the molecule is CC1(C)COCC(Cc2ccccc2)N1C(=O)c1cccnc1. The second kappa shape index (κ2) is 6.50. The Morgan fingerprint density at radius 2 is 2.04 bits per heavy atom. The van der Waals surface area contributed by atoms with Crippen LogP contribution in [0.3, 0.4) is 0 Å². The zero-order valence-electron chi connectivity index (χ0n) is 13.6. The van der Waals surface area contributed by atoms with E-state index in [1.165, 1.54) is 5.56 Å². The summed E-state index contributed by atoms with van der Waals surface area (Å²) < 4.78 is 5.78. The van der Waals surface area contributed by atoms with E-state index < -0.39 is 0 Å². The molecule has 120 valence electrons. The highest BCUT2D eigenvalue weighted by molar-refractivity contribution is 5.94. The van der Waals surface area contributed by atoms with Crippen LogP contribution in [0.1, 0.15) is 29.8 Å². The molecule has 0 radical (unpaired) electrons. The zero-order chi connectivity index (χ0) is 16.3. The molecule has 0 saturated carbocycles. The minimum Gasteiger partial charge on any atom is -0.377 e. The summed E-state index contributed by atoms with van der Waals surface area (Å²) in [7, 11) is 0. The van der Waals surface area contributed by atoms with Crippen molar-refractivity contribution in [2.45, 2.75) is 31.8 Å². The number of hydrogen-bond acceptors (Lipinski definition) is 3. The lowest BCUT2D eigenvalue weighted by atomic mass is 9.94. The van der Waals surface area contributed by atoms with Crippen LogP contribution in [-0.2, 0) is 11.2 Å². The quantitative estimate of drug-likeness (QED) is 0.875. The summed E-state index contributed by atoms with van der Waals surface area (Å²) in [6.45, 7) is 5.21. The summed E-state index contributed by atoms with van der Waals surface area (Å²) in [5, 5.41) is 0. The van der Waals surface area contributed by atoms with Crippen molar-refractivity contribution in [3.05, 3.63) is 66.0 Å². The number of ether oxygens (including phenoxy) is 1. The second-order valence-electron chi connectivity index (χ2n) is 6.59. The summed E-state index contributed by atoms with van der Waals surface area (Å²) in [5.41, 5.74) is 1.49. The Bertz CT molecular complexity index is 656. The molecule has 1 aromatic carbocycles. The van der Waals surface area contributed by atoms with Gasteiger partial charge in [0, 0.05) is 12.4 Å². The van der Waals surface area contributed by atoms with E-state index in [1.807, 2.05) is 29.2 Å². The highest BCUT2D eigenvalue weighted by Gasteiger charge is 2.40. The van der Waals surface area contributed by atoms with E-state index in [-0.39, 0.29) is 17.5 Å². The van der Waals surface area contributed by atoms with Crippen molar-refractivity contribution in [1.29, 1.82) is 0 Å². The molecule has 4 nitrogen and oxygen atoms in total. The molecule has 1 aromatic heterocycles. The Kier molecular flexibility index (Phi) is 4.44. The lowest BCUT2D eigenvalue weighted by Gasteiger charge is -2.47. The van der Waals surface area contributed by atoms with Gasteiger partial charge in [-0.1, -0.05) is 30.3 Å². The molecule has 2 aromatic rings. The van der Waals surface area contributed by atoms with Gasteiger partial charge in [0.15, 0.2) is 0 Å². The molecular formula is C19H22N2O2. The number of aromatic nitrogens is 1. The fourth-order valence-corrected chi connectivity index (χ4v) is 3.19. The zero-order valence-corrected chi connectivity index (χ0v) is 13.6.